The number of carbonyl (C=O) groups excluding carboxylic acids is 2. The molecule has 0 bridgehead atoms. The van der Waals surface area contributed by atoms with Crippen molar-refractivity contribution < 1.29 is 19.1 Å². The van der Waals surface area contributed by atoms with Gasteiger partial charge in [0.25, 0.3) is 0 Å². The van der Waals surface area contributed by atoms with Gasteiger partial charge in [-0.15, -0.1) is 0 Å². The molecule has 2 heterocycles. The summed E-state index contributed by atoms with van der Waals surface area (Å²) in [4.78, 5) is 36.5. The summed E-state index contributed by atoms with van der Waals surface area (Å²) in [7, 11) is 0. The maximum absolute atomic E-state index is 12.5. The first kappa shape index (κ1) is 22.8. The lowest BCUT2D eigenvalue weighted by Crippen LogP contribution is -2.54. The second-order valence-electron chi connectivity index (χ2n) is 7.44. The molecule has 1 atom stereocenters. The van der Waals surface area contributed by atoms with E-state index in [1.54, 1.807) is 24.0 Å². The first-order chi connectivity index (χ1) is 14.9. The Morgan fingerprint density at radius 2 is 2.00 bits per heavy atom. The van der Waals surface area contributed by atoms with E-state index in [0.29, 0.717) is 42.9 Å². The molecule has 8 nitrogen and oxygen atoms in total. The molecule has 1 amide bonds. The van der Waals surface area contributed by atoms with Gasteiger partial charge in [-0.05, 0) is 38.5 Å². The van der Waals surface area contributed by atoms with Gasteiger partial charge in [0.15, 0.2) is 0 Å². The lowest BCUT2D eigenvalue weighted by molar-refractivity contribution is -0.146. The van der Waals surface area contributed by atoms with Gasteiger partial charge >= 0.3 is 5.97 Å². The zero-order valence-corrected chi connectivity index (χ0v) is 18.8. The van der Waals surface area contributed by atoms with Crippen LogP contribution in [0.25, 0.3) is 0 Å². The van der Waals surface area contributed by atoms with Gasteiger partial charge in [-0.3, -0.25) is 9.59 Å². The molecule has 0 saturated carbocycles. The number of anilines is 1. The van der Waals surface area contributed by atoms with Crippen LogP contribution in [0, 0.1) is 6.92 Å². The number of ether oxygens (including phenoxy) is 2. The molecule has 0 radical (unpaired) electrons. The number of carbonyl (C=O) groups is 2. The summed E-state index contributed by atoms with van der Waals surface area (Å²) in [6.07, 6.45) is 1.72. The van der Waals surface area contributed by atoms with Crippen LogP contribution in [-0.2, 0) is 14.3 Å². The van der Waals surface area contributed by atoms with E-state index in [2.05, 4.69) is 14.9 Å². The number of halogens is 1. The Labute approximate surface area is 187 Å². The Morgan fingerprint density at radius 1 is 1.19 bits per heavy atom. The van der Waals surface area contributed by atoms with Crippen LogP contribution >= 0.6 is 11.6 Å². The predicted molar refractivity (Wildman–Crippen MR) is 118 cm³/mol. The highest BCUT2D eigenvalue weighted by molar-refractivity contribution is 6.32. The Morgan fingerprint density at radius 3 is 2.74 bits per heavy atom. The van der Waals surface area contributed by atoms with Crippen LogP contribution in [0.15, 0.2) is 30.6 Å². The molecule has 31 heavy (non-hydrogen) atoms. The molecule has 1 aliphatic heterocycles. The number of aromatic nitrogens is 2. The van der Waals surface area contributed by atoms with E-state index >= 15 is 0 Å². The molecular formula is C22H27ClN4O4. The van der Waals surface area contributed by atoms with Gasteiger partial charge < -0.3 is 19.3 Å². The third kappa shape index (κ3) is 6.07. The van der Waals surface area contributed by atoms with Crippen molar-refractivity contribution in [3.8, 4) is 11.6 Å². The number of piperazine rings is 1. The van der Waals surface area contributed by atoms with E-state index in [0.717, 1.165) is 11.4 Å². The zero-order chi connectivity index (χ0) is 22.4. The molecule has 2 aromatic rings. The van der Waals surface area contributed by atoms with Gasteiger partial charge in [0.2, 0.25) is 11.8 Å². The van der Waals surface area contributed by atoms with Crippen molar-refractivity contribution in [2.24, 2.45) is 0 Å². The summed E-state index contributed by atoms with van der Waals surface area (Å²) in [5.41, 5.74) is 1.03. The fraction of sp³-hybridized carbons (Fsp3) is 0.455. The summed E-state index contributed by atoms with van der Waals surface area (Å²) >= 11 is 6.22. The zero-order valence-electron chi connectivity index (χ0n) is 18.0. The van der Waals surface area contributed by atoms with Crippen LogP contribution < -0.4 is 9.64 Å². The van der Waals surface area contributed by atoms with Crippen molar-refractivity contribution in [3.05, 3.63) is 41.2 Å². The van der Waals surface area contributed by atoms with Gasteiger partial charge in [-0.2, -0.15) is 0 Å². The number of esters is 1. The first-order valence-electron chi connectivity index (χ1n) is 10.3. The summed E-state index contributed by atoms with van der Waals surface area (Å²) < 4.78 is 10.8. The quantitative estimate of drug-likeness (QED) is 0.600. The molecule has 3 rings (SSSR count). The molecule has 1 aromatic carbocycles. The fourth-order valence-corrected chi connectivity index (χ4v) is 3.64. The smallest absolute Gasteiger partial charge is 0.306 e. The average molecular weight is 447 g/mol. The third-order valence-electron chi connectivity index (χ3n) is 5.05. The van der Waals surface area contributed by atoms with Crippen molar-refractivity contribution in [1.82, 2.24) is 14.9 Å². The van der Waals surface area contributed by atoms with E-state index in [-0.39, 0.29) is 30.8 Å². The summed E-state index contributed by atoms with van der Waals surface area (Å²) in [5.74, 6) is 1.28. The molecule has 9 heteroatoms. The van der Waals surface area contributed by atoms with Gasteiger partial charge in [0, 0.05) is 38.2 Å². The Hall–Kier alpha value is -2.87. The third-order valence-corrected chi connectivity index (χ3v) is 5.36. The number of amides is 1. The molecule has 0 unspecified atom stereocenters. The number of hydrogen-bond donors (Lipinski definition) is 0. The lowest BCUT2D eigenvalue weighted by atomic mass is 10.1. The Balaban J connectivity index is 1.61. The minimum atomic E-state index is -0.343. The summed E-state index contributed by atoms with van der Waals surface area (Å²) in [6, 6.07) is 7.30. The number of aryl methyl sites for hydroxylation is 1. The monoisotopic (exact) mass is 446 g/mol. The summed E-state index contributed by atoms with van der Waals surface area (Å²) in [5, 5.41) is 0.509. The van der Waals surface area contributed by atoms with Crippen LogP contribution in [0.1, 0.15) is 32.3 Å². The van der Waals surface area contributed by atoms with Crippen LogP contribution in [0.2, 0.25) is 5.02 Å². The van der Waals surface area contributed by atoms with Crippen molar-refractivity contribution in [2.75, 3.05) is 31.1 Å². The van der Waals surface area contributed by atoms with E-state index in [4.69, 9.17) is 21.1 Å². The second kappa shape index (κ2) is 10.4. The number of hydrogen-bond acceptors (Lipinski definition) is 7. The standard InChI is InChI=1S/C22H27ClN4O4/c1-4-30-22(29)8-7-21(28)27-10-9-26(13-16(27)3)19-12-20(25-14-24-19)31-18-11-15(2)5-6-17(18)23/h5-6,11-12,14,16H,4,7-10,13H2,1-3H3/t16-/m0/s1. The van der Waals surface area contributed by atoms with Gasteiger partial charge in [0.05, 0.1) is 18.1 Å². The SMILES string of the molecule is CCOC(=O)CCC(=O)N1CCN(c2cc(Oc3cc(C)ccc3Cl)ncn2)C[C@@H]1C. The van der Waals surface area contributed by atoms with Crippen molar-refractivity contribution in [3.63, 3.8) is 0 Å². The lowest BCUT2D eigenvalue weighted by Gasteiger charge is -2.40. The van der Waals surface area contributed by atoms with Crippen LogP contribution in [0.4, 0.5) is 5.82 Å². The van der Waals surface area contributed by atoms with Crippen molar-refractivity contribution >= 4 is 29.3 Å². The van der Waals surface area contributed by atoms with E-state index in [9.17, 15) is 9.59 Å². The van der Waals surface area contributed by atoms with E-state index in [1.165, 1.54) is 6.33 Å². The second-order valence-corrected chi connectivity index (χ2v) is 7.84. The topological polar surface area (TPSA) is 84.9 Å². The Bertz CT molecular complexity index is 939. The van der Waals surface area contributed by atoms with E-state index in [1.807, 2.05) is 26.0 Å². The normalized spacial score (nSPS) is 16.2. The predicted octanol–water partition coefficient (Wildman–Crippen LogP) is 3.61. The molecule has 1 saturated heterocycles. The van der Waals surface area contributed by atoms with E-state index < -0.39 is 0 Å². The Kier molecular flexibility index (Phi) is 7.68. The number of rotatable bonds is 7. The maximum atomic E-state index is 12.5. The molecule has 0 aliphatic carbocycles. The largest absolute Gasteiger partial charge is 0.466 e. The minimum Gasteiger partial charge on any atom is -0.466 e. The number of benzene rings is 1. The van der Waals surface area contributed by atoms with Crippen LogP contribution in [0.3, 0.4) is 0 Å². The molecular weight excluding hydrogens is 420 g/mol. The average Bonchev–Trinajstić information content (AvgIpc) is 2.75. The molecule has 1 fully saturated rings. The van der Waals surface area contributed by atoms with Crippen LogP contribution in [0.5, 0.6) is 11.6 Å². The minimum absolute atomic E-state index is 0.0194. The highest BCUT2D eigenvalue weighted by Crippen LogP contribution is 2.30. The summed E-state index contributed by atoms with van der Waals surface area (Å²) in [6.45, 7) is 7.81. The van der Waals surface area contributed by atoms with Gasteiger partial charge in [0.1, 0.15) is 17.9 Å². The first-order valence-corrected chi connectivity index (χ1v) is 10.7. The molecule has 166 valence electrons. The van der Waals surface area contributed by atoms with Gasteiger partial charge in [-0.1, -0.05) is 17.7 Å². The van der Waals surface area contributed by atoms with Crippen molar-refractivity contribution in [1.29, 1.82) is 0 Å². The van der Waals surface area contributed by atoms with Gasteiger partial charge in [-0.25, -0.2) is 9.97 Å². The molecule has 0 N–H and O–H groups in total. The maximum Gasteiger partial charge on any atom is 0.306 e. The molecule has 1 aliphatic rings. The highest BCUT2D eigenvalue weighted by Gasteiger charge is 2.28. The fourth-order valence-electron chi connectivity index (χ4n) is 3.48. The molecule has 0 spiro atoms. The van der Waals surface area contributed by atoms with Crippen molar-refractivity contribution in [2.45, 2.75) is 39.7 Å². The van der Waals surface area contributed by atoms with Crippen LogP contribution in [-0.4, -0.2) is 59.0 Å². The molecule has 1 aromatic heterocycles. The highest BCUT2D eigenvalue weighted by atomic mass is 35.5. The number of nitrogens with zero attached hydrogens (tertiary/aromatic N) is 4.